The molecule has 0 fully saturated rings. The number of benzene rings is 2. The molecule has 1 aromatic heterocycles. The Bertz CT molecular complexity index is 949. The summed E-state index contributed by atoms with van der Waals surface area (Å²) in [6.07, 6.45) is 2.00. The molecule has 4 rings (SSSR count). The van der Waals surface area contributed by atoms with E-state index in [-0.39, 0.29) is 5.56 Å². The van der Waals surface area contributed by atoms with Crippen molar-refractivity contribution in [1.29, 1.82) is 0 Å². The van der Waals surface area contributed by atoms with Gasteiger partial charge in [-0.25, -0.2) is 0 Å². The topological polar surface area (TPSA) is 22.0 Å². The monoisotopic (exact) mass is 301 g/mol. The van der Waals surface area contributed by atoms with Crippen LogP contribution in [0.2, 0.25) is 0 Å². The van der Waals surface area contributed by atoms with Gasteiger partial charge in [-0.05, 0) is 42.0 Å². The van der Waals surface area contributed by atoms with Gasteiger partial charge in [0.15, 0.2) is 0 Å². The number of nitrogens with zero attached hydrogens (tertiary/aromatic N) is 1. The number of pyridine rings is 1. The molecule has 0 radical (unpaired) electrons. The Balaban J connectivity index is 2.04. The minimum absolute atomic E-state index is 0.0519. The lowest BCUT2D eigenvalue weighted by Crippen LogP contribution is -2.22. The molecule has 3 aromatic rings. The zero-order valence-electron chi connectivity index (χ0n) is 13.5. The van der Waals surface area contributed by atoms with Crippen LogP contribution in [0.25, 0.3) is 22.4 Å². The summed E-state index contributed by atoms with van der Waals surface area (Å²) >= 11 is 0. The summed E-state index contributed by atoms with van der Waals surface area (Å²) in [5.41, 5.74) is 8.39. The first kappa shape index (κ1) is 14.0. The molecule has 2 nitrogen and oxygen atoms in total. The van der Waals surface area contributed by atoms with Crippen LogP contribution in [0.4, 0.5) is 0 Å². The van der Waals surface area contributed by atoms with Crippen LogP contribution >= 0.6 is 0 Å². The van der Waals surface area contributed by atoms with Gasteiger partial charge in [-0.2, -0.15) is 0 Å². The lowest BCUT2D eigenvalue weighted by molar-refractivity contribution is 0.823. The number of aryl methyl sites for hydroxylation is 2. The summed E-state index contributed by atoms with van der Waals surface area (Å²) in [6.45, 7) is 2.08. The molecule has 23 heavy (non-hydrogen) atoms. The lowest BCUT2D eigenvalue weighted by Gasteiger charge is -2.25. The van der Waals surface area contributed by atoms with Gasteiger partial charge in [0.2, 0.25) is 0 Å². The molecule has 0 aliphatic heterocycles. The number of aromatic nitrogens is 1. The largest absolute Gasteiger partial charge is 0.311 e. The second-order valence-electron chi connectivity index (χ2n) is 6.31. The van der Waals surface area contributed by atoms with Crippen molar-refractivity contribution in [3.63, 3.8) is 0 Å². The summed E-state index contributed by atoms with van der Waals surface area (Å²) < 4.78 is 1.80. The van der Waals surface area contributed by atoms with Gasteiger partial charge in [-0.3, -0.25) is 4.79 Å². The standard InChI is InChI=1S/C21H19NO/c1-14-7-9-16(10-8-14)19-13-20(23)22(2)21-17-6-4-3-5-15(17)11-12-18(19)21/h3-10,13H,11-12H2,1-2H3. The van der Waals surface area contributed by atoms with Crippen LogP contribution in [0.5, 0.6) is 0 Å². The molecule has 0 N–H and O–H groups in total. The molecule has 0 saturated heterocycles. The molecule has 0 bridgehead atoms. The molecule has 1 heterocycles. The predicted molar refractivity (Wildman–Crippen MR) is 94.7 cm³/mol. The van der Waals surface area contributed by atoms with E-state index in [1.54, 1.807) is 10.6 Å². The Morgan fingerprint density at radius 2 is 1.65 bits per heavy atom. The zero-order chi connectivity index (χ0) is 16.0. The smallest absolute Gasteiger partial charge is 0.251 e. The highest BCUT2D eigenvalue weighted by Gasteiger charge is 2.22. The van der Waals surface area contributed by atoms with Crippen molar-refractivity contribution >= 4 is 0 Å². The maximum atomic E-state index is 12.5. The van der Waals surface area contributed by atoms with Crippen molar-refractivity contribution in [2.75, 3.05) is 0 Å². The van der Waals surface area contributed by atoms with Crippen LogP contribution in [0.1, 0.15) is 16.7 Å². The van der Waals surface area contributed by atoms with Crippen LogP contribution in [0, 0.1) is 6.92 Å². The average molecular weight is 301 g/mol. The molecule has 0 spiro atoms. The highest BCUT2D eigenvalue weighted by molar-refractivity contribution is 5.79. The van der Waals surface area contributed by atoms with E-state index in [2.05, 4.69) is 55.5 Å². The van der Waals surface area contributed by atoms with Crippen molar-refractivity contribution in [3.8, 4) is 22.4 Å². The van der Waals surface area contributed by atoms with Gasteiger partial charge in [0, 0.05) is 18.7 Å². The molecule has 2 aromatic carbocycles. The second-order valence-corrected chi connectivity index (χ2v) is 6.31. The number of fused-ring (bicyclic) bond motifs is 3. The number of hydrogen-bond donors (Lipinski definition) is 0. The summed E-state index contributed by atoms with van der Waals surface area (Å²) in [5, 5.41) is 0. The van der Waals surface area contributed by atoms with Crippen molar-refractivity contribution < 1.29 is 0 Å². The molecule has 1 aliphatic carbocycles. The maximum Gasteiger partial charge on any atom is 0.251 e. The number of hydrogen-bond acceptors (Lipinski definition) is 1. The molecule has 1 aliphatic rings. The van der Waals surface area contributed by atoms with Gasteiger partial charge in [0.1, 0.15) is 0 Å². The van der Waals surface area contributed by atoms with E-state index >= 15 is 0 Å². The van der Waals surface area contributed by atoms with Crippen LogP contribution in [-0.2, 0) is 19.9 Å². The molecule has 0 amide bonds. The van der Waals surface area contributed by atoms with Crippen LogP contribution < -0.4 is 5.56 Å². The fraction of sp³-hybridized carbons (Fsp3) is 0.190. The van der Waals surface area contributed by atoms with Crippen LogP contribution in [-0.4, -0.2) is 4.57 Å². The third-order valence-electron chi connectivity index (χ3n) is 4.82. The summed E-state index contributed by atoms with van der Waals surface area (Å²) in [7, 11) is 1.88. The fourth-order valence-corrected chi connectivity index (χ4v) is 3.56. The molecule has 2 heteroatoms. The van der Waals surface area contributed by atoms with E-state index in [4.69, 9.17) is 0 Å². The van der Waals surface area contributed by atoms with Crippen LogP contribution in [0.3, 0.4) is 0 Å². The van der Waals surface area contributed by atoms with Crippen LogP contribution in [0.15, 0.2) is 59.4 Å². The minimum atomic E-state index is 0.0519. The maximum absolute atomic E-state index is 12.5. The molecule has 0 atom stereocenters. The summed E-state index contributed by atoms with van der Waals surface area (Å²) in [5.74, 6) is 0. The lowest BCUT2D eigenvalue weighted by atomic mass is 9.84. The van der Waals surface area contributed by atoms with E-state index in [0.717, 1.165) is 29.7 Å². The first-order valence-corrected chi connectivity index (χ1v) is 8.03. The Morgan fingerprint density at radius 3 is 2.43 bits per heavy atom. The quantitative estimate of drug-likeness (QED) is 0.662. The molecule has 0 unspecified atom stereocenters. The first-order chi connectivity index (χ1) is 11.1. The zero-order valence-corrected chi connectivity index (χ0v) is 13.5. The van der Waals surface area contributed by atoms with Gasteiger partial charge >= 0.3 is 0 Å². The Morgan fingerprint density at radius 1 is 0.913 bits per heavy atom. The third-order valence-corrected chi connectivity index (χ3v) is 4.82. The third kappa shape index (κ3) is 2.22. The second kappa shape index (κ2) is 5.24. The van der Waals surface area contributed by atoms with Crippen molar-refractivity contribution in [2.45, 2.75) is 19.8 Å². The highest BCUT2D eigenvalue weighted by atomic mass is 16.1. The van der Waals surface area contributed by atoms with Crippen molar-refractivity contribution in [3.05, 3.63) is 81.6 Å². The molecule has 114 valence electrons. The SMILES string of the molecule is Cc1ccc(-c2cc(=O)n(C)c3c2CCc2ccccc2-3)cc1. The van der Waals surface area contributed by atoms with Gasteiger partial charge < -0.3 is 4.57 Å². The van der Waals surface area contributed by atoms with E-state index < -0.39 is 0 Å². The van der Waals surface area contributed by atoms with Gasteiger partial charge in [0.05, 0.1) is 5.69 Å². The average Bonchev–Trinajstić information content (AvgIpc) is 2.58. The molecular formula is C21H19NO. The highest BCUT2D eigenvalue weighted by Crippen LogP contribution is 2.37. The Kier molecular flexibility index (Phi) is 3.19. The van der Waals surface area contributed by atoms with Gasteiger partial charge in [-0.1, -0.05) is 54.1 Å². The Labute approximate surface area is 136 Å². The van der Waals surface area contributed by atoms with E-state index in [0.29, 0.717) is 0 Å². The molecule has 0 saturated carbocycles. The molecular weight excluding hydrogens is 282 g/mol. The Hall–Kier alpha value is -2.61. The van der Waals surface area contributed by atoms with Crippen molar-refractivity contribution in [2.24, 2.45) is 7.05 Å². The van der Waals surface area contributed by atoms with Gasteiger partial charge in [-0.15, -0.1) is 0 Å². The number of rotatable bonds is 1. The van der Waals surface area contributed by atoms with E-state index in [1.807, 2.05) is 7.05 Å². The predicted octanol–water partition coefficient (Wildman–Crippen LogP) is 4.13. The van der Waals surface area contributed by atoms with E-state index in [1.165, 1.54) is 22.3 Å². The first-order valence-electron chi connectivity index (χ1n) is 8.03. The fourth-order valence-electron chi connectivity index (χ4n) is 3.56. The summed E-state index contributed by atoms with van der Waals surface area (Å²) in [6, 6.07) is 18.7. The summed E-state index contributed by atoms with van der Waals surface area (Å²) in [4.78, 5) is 12.5. The van der Waals surface area contributed by atoms with Gasteiger partial charge in [0.25, 0.3) is 5.56 Å². The minimum Gasteiger partial charge on any atom is -0.311 e. The normalized spacial score (nSPS) is 12.6. The van der Waals surface area contributed by atoms with E-state index in [9.17, 15) is 4.79 Å². The van der Waals surface area contributed by atoms with Crippen molar-refractivity contribution in [1.82, 2.24) is 4.57 Å².